The molecule has 0 bridgehead atoms. The number of aliphatic carboxylic acids is 2. The van der Waals surface area contributed by atoms with Gasteiger partial charge in [0.15, 0.2) is 13.2 Å². The maximum absolute atomic E-state index is 10.9. The zero-order valence-electron chi connectivity index (χ0n) is 11.2. The van der Waals surface area contributed by atoms with E-state index in [0.717, 1.165) is 0 Å². The van der Waals surface area contributed by atoms with E-state index >= 15 is 0 Å². The molecule has 0 spiro atoms. The summed E-state index contributed by atoms with van der Waals surface area (Å²) in [4.78, 5) is 42.0. The maximum atomic E-state index is 10.9. The standard InChI is InChI=1S/C12H12N2O8/c15-9(16)7-13-11(19)21-5-3-1-2-4-6-22-12(20)14-8-10(17)18/h5-8H2,(H,13,19)(H,14,20)(H,15,16)(H,17,18). The van der Waals surface area contributed by atoms with Crippen molar-refractivity contribution in [3.8, 4) is 23.7 Å². The van der Waals surface area contributed by atoms with Gasteiger partial charge >= 0.3 is 24.1 Å². The molecule has 0 heterocycles. The summed E-state index contributed by atoms with van der Waals surface area (Å²) in [6.45, 7) is -1.71. The predicted molar refractivity (Wildman–Crippen MR) is 69.5 cm³/mol. The summed E-state index contributed by atoms with van der Waals surface area (Å²) in [5.74, 6) is 6.86. The van der Waals surface area contributed by atoms with Crippen LogP contribution in [0.5, 0.6) is 0 Å². The Balaban J connectivity index is 3.75. The first-order valence-electron chi connectivity index (χ1n) is 5.62. The van der Waals surface area contributed by atoms with Gasteiger partial charge in [-0.25, -0.2) is 9.59 Å². The molecule has 2 amide bonds. The number of hydrogen-bond acceptors (Lipinski definition) is 6. The van der Waals surface area contributed by atoms with E-state index in [0.29, 0.717) is 0 Å². The highest BCUT2D eigenvalue weighted by Crippen LogP contribution is 1.77. The Morgan fingerprint density at radius 2 is 1.14 bits per heavy atom. The number of amides is 2. The second kappa shape index (κ2) is 11.4. The normalized spacial score (nSPS) is 8.18. The van der Waals surface area contributed by atoms with Crippen LogP contribution in [0.2, 0.25) is 0 Å². The lowest BCUT2D eigenvalue weighted by Gasteiger charge is -2.00. The number of nitrogens with one attached hydrogen (secondary N) is 2. The van der Waals surface area contributed by atoms with Gasteiger partial charge in [-0.2, -0.15) is 0 Å². The van der Waals surface area contributed by atoms with E-state index in [9.17, 15) is 19.2 Å². The van der Waals surface area contributed by atoms with E-state index in [4.69, 9.17) is 10.2 Å². The Hall–Kier alpha value is -3.40. The van der Waals surface area contributed by atoms with Crippen molar-refractivity contribution >= 4 is 24.1 Å². The molecule has 10 nitrogen and oxygen atoms in total. The lowest BCUT2D eigenvalue weighted by Crippen LogP contribution is -2.29. The molecule has 0 rings (SSSR count). The second-order valence-electron chi connectivity index (χ2n) is 3.25. The van der Waals surface area contributed by atoms with Crippen molar-refractivity contribution in [1.82, 2.24) is 10.6 Å². The van der Waals surface area contributed by atoms with E-state index in [1.54, 1.807) is 0 Å². The van der Waals surface area contributed by atoms with Crippen LogP contribution in [-0.2, 0) is 19.1 Å². The maximum Gasteiger partial charge on any atom is 0.408 e. The molecule has 0 aliphatic carbocycles. The number of carbonyl (C=O) groups is 4. The van der Waals surface area contributed by atoms with Gasteiger partial charge < -0.3 is 30.3 Å². The fourth-order valence-electron chi connectivity index (χ4n) is 0.761. The number of ether oxygens (including phenoxy) is 2. The molecule has 0 atom stereocenters. The van der Waals surface area contributed by atoms with E-state index in [2.05, 4.69) is 33.2 Å². The van der Waals surface area contributed by atoms with Crippen LogP contribution in [0.3, 0.4) is 0 Å². The molecule has 4 N–H and O–H groups in total. The fourth-order valence-corrected chi connectivity index (χ4v) is 0.761. The summed E-state index contributed by atoms with van der Waals surface area (Å²) in [5.41, 5.74) is 0. The third kappa shape index (κ3) is 13.0. The van der Waals surface area contributed by atoms with Crippen molar-refractivity contribution in [3.63, 3.8) is 0 Å². The molecule has 22 heavy (non-hydrogen) atoms. The Kier molecular flexibility index (Phi) is 9.66. The molecular weight excluding hydrogens is 300 g/mol. The highest BCUT2D eigenvalue weighted by atomic mass is 16.6. The molecule has 0 radical (unpaired) electrons. The van der Waals surface area contributed by atoms with Crippen molar-refractivity contribution in [2.75, 3.05) is 26.3 Å². The van der Waals surface area contributed by atoms with Gasteiger partial charge in [0.1, 0.15) is 13.1 Å². The number of rotatable bonds is 6. The molecule has 0 fully saturated rings. The Labute approximate surface area is 124 Å². The first kappa shape index (κ1) is 18.6. The molecule has 0 unspecified atom stereocenters. The van der Waals surface area contributed by atoms with Crippen LogP contribution in [0.25, 0.3) is 0 Å². The lowest BCUT2D eigenvalue weighted by atomic mass is 10.5. The van der Waals surface area contributed by atoms with E-state index < -0.39 is 37.2 Å². The topological polar surface area (TPSA) is 151 Å². The molecule has 118 valence electrons. The van der Waals surface area contributed by atoms with Gasteiger partial charge in [0.25, 0.3) is 0 Å². The smallest absolute Gasteiger partial charge is 0.408 e. The van der Waals surface area contributed by atoms with Crippen LogP contribution < -0.4 is 10.6 Å². The van der Waals surface area contributed by atoms with Crippen LogP contribution in [0.1, 0.15) is 0 Å². The summed E-state index contributed by atoms with van der Waals surface area (Å²) < 4.78 is 8.97. The first-order valence-corrected chi connectivity index (χ1v) is 5.62. The third-order valence-corrected chi connectivity index (χ3v) is 1.56. The summed E-state index contributed by atoms with van der Waals surface area (Å²) in [5, 5.41) is 20.4. The van der Waals surface area contributed by atoms with Gasteiger partial charge in [-0.15, -0.1) is 0 Å². The van der Waals surface area contributed by atoms with Gasteiger partial charge in [0.05, 0.1) is 0 Å². The van der Waals surface area contributed by atoms with Crippen molar-refractivity contribution in [1.29, 1.82) is 0 Å². The number of alkyl carbamates (subject to hydrolysis) is 2. The number of carboxylic acids is 2. The Bertz CT molecular complexity index is 499. The van der Waals surface area contributed by atoms with Crippen LogP contribution in [0, 0.1) is 23.7 Å². The van der Waals surface area contributed by atoms with Crippen molar-refractivity contribution < 1.29 is 38.9 Å². The summed E-state index contributed by atoms with van der Waals surface area (Å²) in [6.07, 6.45) is -1.86. The average molecular weight is 312 g/mol. The van der Waals surface area contributed by atoms with Gasteiger partial charge in [-0.3, -0.25) is 9.59 Å². The SMILES string of the molecule is O=C(O)CNC(=O)OCC#CC#CCOC(=O)NCC(=O)O. The largest absolute Gasteiger partial charge is 0.480 e. The van der Waals surface area contributed by atoms with Crippen LogP contribution in [-0.4, -0.2) is 60.6 Å². The molecule has 0 aliphatic rings. The fraction of sp³-hybridized carbons (Fsp3) is 0.333. The molecular formula is C12H12N2O8. The van der Waals surface area contributed by atoms with Gasteiger partial charge in [-0.05, 0) is 23.7 Å². The van der Waals surface area contributed by atoms with E-state index in [1.165, 1.54) is 0 Å². The van der Waals surface area contributed by atoms with E-state index in [-0.39, 0.29) is 13.2 Å². The summed E-state index contributed by atoms with van der Waals surface area (Å²) in [6, 6.07) is 0. The van der Waals surface area contributed by atoms with Crippen LogP contribution in [0.4, 0.5) is 9.59 Å². The quantitative estimate of drug-likeness (QED) is 0.438. The summed E-state index contributed by atoms with van der Waals surface area (Å²) >= 11 is 0. The zero-order chi connectivity index (χ0) is 16.8. The minimum absolute atomic E-state index is 0.292. The van der Waals surface area contributed by atoms with Crippen LogP contribution in [0.15, 0.2) is 0 Å². The van der Waals surface area contributed by atoms with Crippen molar-refractivity contribution in [3.05, 3.63) is 0 Å². The lowest BCUT2D eigenvalue weighted by molar-refractivity contribution is -0.136. The van der Waals surface area contributed by atoms with Gasteiger partial charge in [0.2, 0.25) is 0 Å². The Morgan fingerprint density at radius 1 is 0.773 bits per heavy atom. The number of carbonyl (C=O) groups excluding carboxylic acids is 2. The zero-order valence-corrected chi connectivity index (χ0v) is 11.2. The molecule has 0 saturated heterocycles. The van der Waals surface area contributed by atoms with Crippen molar-refractivity contribution in [2.24, 2.45) is 0 Å². The molecule has 10 heteroatoms. The average Bonchev–Trinajstić information content (AvgIpc) is 2.45. The number of carboxylic acid groups (broad SMARTS) is 2. The number of hydrogen-bond donors (Lipinski definition) is 4. The minimum Gasteiger partial charge on any atom is -0.480 e. The van der Waals surface area contributed by atoms with Crippen LogP contribution >= 0.6 is 0 Å². The Morgan fingerprint density at radius 3 is 1.45 bits per heavy atom. The third-order valence-electron chi connectivity index (χ3n) is 1.56. The first-order chi connectivity index (χ1) is 10.4. The molecule has 0 aromatic heterocycles. The van der Waals surface area contributed by atoms with E-state index in [1.807, 2.05) is 10.6 Å². The summed E-state index contributed by atoms with van der Waals surface area (Å²) in [7, 11) is 0. The molecule has 0 aromatic carbocycles. The highest BCUT2D eigenvalue weighted by Gasteiger charge is 2.03. The van der Waals surface area contributed by atoms with Crippen molar-refractivity contribution in [2.45, 2.75) is 0 Å². The highest BCUT2D eigenvalue weighted by molar-refractivity contribution is 5.77. The molecule has 0 aliphatic heterocycles. The minimum atomic E-state index is -1.21. The van der Waals surface area contributed by atoms with Gasteiger partial charge in [0, 0.05) is 0 Å². The second-order valence-corrected chi connectivity index (χ2v) is 3.25. The van der Waals surface area contributed by atoms with Gasteiger partial charge in [-0.1, -0.05) is 0 Å². The predicted octanol–water partition coefficient (Wildman–Crippen LogP) is -1.39. The monoisotopic (exact) mass is 312 g/mol. The molecule has 0 aromatic rings. The molecule has 0 saturated carbocycles.